The first-order valence-corrected chi connectivity index (χ1v) is 8.98. The van der Waals surface area contributed by atoms with Crippen LogP contribution in [0, 0.1) is 0 Å². The van der Waals surface area contributed by atoms with E-state index in [1.54, 1.807) is 10.6 Å². The zero-order chi connectivity index (χ0) is 17.9. The largest absolute Gasteiger partial charge is 0.490 e. The average Bonchev–Trinajstić information content (AvgIpc) is 3.18. The van der Waals surface area contributed by atoms with Gasteiger partial charge in [-0.25, -0.2) is 4.79 Å². The summed E-state index contributed by atoms with van der Waals surface area (Å²) in [5, 5.41) is 0. The highest BCUT2D eigenvalue weighted by atomic mass is 16.5. The fourth-order valence-electron chi connectivity index (χ4n) is 3.46. The lowest BCUT2D eigenvalue weighted by Gasteiger charge is -2.22. The lowest BCUT2D eigenvalue weighted by Crippen LogP contribution is -2.29. The van der Waals surface area contributed by atoms with Gasteiger partial charge in [-0.05, 0) is 43.0 Å². The molecule has 1 fully saturated rings. The number of aryl methyl sites for hydroxylation is 1. The van der Waals surface area contributed by atoms with Gasteiger partial charge >= 0.3 is 5.69 Å². The molecular weight excluding hydrogens is 332 g/mol. The second-order valence-electron chi connectivity index (χ2n) is 6.53. The van der Waals surface area contributed by atoms with E-state index in [1.807, 2.05) is 24.3 Å². The van der Waals surface area contributed by atoms with Gasteiger partial charge in [-0.2, -0.15) is 4.98 Å². The topological polar surface area (TPSA) is 62.6 Å². The highest BCUT2D eigenvalue weighted by Gasteiger charge is 2.21. The Morgan fingerprint density at radius 2 is 2.27 bits per heavy atom. The lowest BCUT2D eigenvalue weighted by atomic mass is 9.97. The summed E-state index contributed by atoms with van der Waals surface area (Å²) in [6, 6.07) is 7.77. The second kappa shape index (κ2) is 7.33. The molecule has 4 rings (SSSR count). The minimum atomic E-state index is -0.275. The summed E-state index contributed by atoms with van der Waals surface area (Å²) in [5.41, 5.74) is 2.73. The van der Waals surface area contributed by atoms with Crippen molar-refractivity contribution in [1.29, 1.82) is 0 Å². The quantitative estimate of drug-likeness (QED) is 0.746. The molecule has 0 radical (unpaired) electrons. The highest BCUT2D eigenvalue weighted by Crippen LogP contribution is 2.32. The second-order valence-corrected chi connectivity index (χ2v) is 6.53. The Morgan fingerprint density at radius 3 is 3.08 bits per heavy atom. The first-order chi connectivity index (χ1) is 12.7. The molecule has 2 aliphatic rings. The Hall–Kier alpha value is -2.60. The third-order valence-electron chi connectivity index (χ3n) is 4.75. The standard InChI is InChI=1S/C20H22N2O4/c1-2-9-24-15-5-6-17-14(11-15)7-8-22-18(17)12-19(21-20(22)23)26-13-16-4-3-10-25-16/h2,5-6,11-12,16H,1,3-4,7-10,13H2. The van der Waals surface area contributed by atoms with Crippen LogP contribution in [0.1, 0.15) is 18.4 Å². The monoisotopic (exact) mass is 354 g/mol. The fourth-order valence-corrected chi connectivity index (χ4v) is 3.46. The molecule has 2 aliphatic heterocycles. The van der Waals surface area contributed by atoms with Gasteiger partial charge in [0.15, 0.2) is 0 Å². The van der Waals surface area contributed by atoms with E-state index >= 15 is 0 Å². The molecule has 1 unspecified atom stereocenters. The summed E-state index contributed by atoms with van der Waals surface area (Å²) in [5.74, 6) is 1.17. The summed E-state index contributed by atoms with van der Waals surface area (Å²) in [7, 11) is 0. The maximum atomic E-state index is 12.4. The van der Waals surface area contributed by atoms with Gasteiger partial charge in [-0.15, -0.1) is 0 Å². The van der Waals surface area contributed by atoms with Gasteiger partial charge in [0.2, 0.25) is 5.88 Å². The maximum Gasteiger partial charge on any atom is 0.351 e. The third-order valence-corrected chi connectivity index (χ3v) is 4.75. The van der Waals surface area contributed by atoms with Crippen molar-refractivity contribution in [2.75, 3.05) is 19.8 Å². The molecule has 0 spiro atoms. The van der Waals surface area contributed by atoms with Crippen LogP contribution in [0.4, 0.5) is 0 Å². The first-order valence-electron chi connectivity index (χ1n) is 8.98. The molecule has 0 saturated carbocycles. The van der Waals surface area contributed by atoms with Crippen LogP contribution in [0.5, 0.6) is 11.6 Å². The number of nitrogens with zero attached hydrogens (tertiary/aromatic N) is 2. The molecule has 1 aromatic heterocycles. The number of ether oxygens (including phenoxy) is 3. The van der Waals surface area contributed by atoms with E-state index in [9.17, 15) is 4.79 Å². The van der Waals surface area contributed by atoms with Gasteiger partial charge in [0.1, 0.15) is 19.0 Å². The van der Waals surface area contributed by atoms with Gasteiger partial charge in [0.05, 0.1) is 11.8 Å². The van der Waals surface area contributed by atoms with Gasteiger partial charge in [-0.3, -0.25) is 4.57 Å². The van der Waals surface area contributed by atoms with E-state index in [0.29, 0.717) is 25.6 Å². The minimum absolute atomic E-state index is 0.0902. The predicted molar refractivity (Wildman–Crippen MR) is 97.8 cm³/mol. The van der Waals surface area contributed by atoms with Crippen LogP contribution in [0.2, 0.25) is 0 Å². The summed E-state index contributed by atoms with van der Waals surface area (Å²) in [6.07, 6.45) is 4.62. The lowest BCUT2D eigenvalue weighted by molar-refractivity contribution is 0.0661. The maximum absolute atomic E-state index is 12.4. The molecule has 2 aromatic rings. The summed E-state index contributed by atoms with van der Waals surface area (Å²) in [4.78, 5) is 16.5. The number of rotatable bonds is 6. The van der Waals surface area contributed by atoms with Gasteiger partial charge in [0.25, 0.3) is 0 Å². The van der Waals surface area contributed by atoms with E-state index in [4.69, 9.17) is 14.2 Å². The van der Waals surface area contributed by atoms with Crippen LogP contribution >= 0.6 is 0 Å². The SMILES string of the molecule is C=CCOc1ccc2c(c1)CCn1c-2cc(OCC2CCCO2)nc1=O. The first kappa shape index (κ1) is 16.8. The molecule has 1 saturated heterocycles. The molecule has 1 aromatic carbocycles. The third kappa shape index (κ3) is 3.37. The van der Waals surface area contributed by atoms with Crippen LogP contribution in [-0.2, 0) is 17.7 Å². The minimum Gasteiger partial charge on any atom is -0.490 e. The van der Waals surface area contributed by atoms with Crippen molar-refractivity contribution in [3.05, 3.63) is 53.0 Å². The van der Waals surface area contributed by atoms with E-state index in [2.05, 4.69) is 11.6 Å². The Bertz CT molecular complexity index is 869. The molecule has 0 amide bonds. The summed E-state index contributed by atoms with van der Waals surface area (Å²) >= 11 is 0. The number of aromatic nitrogens is 2. The smallest absolute Gasteiger partial charge is 0.351 e. The number of benzene rings is 1. The molecule has 6 nitrogen and oxygen atoms in total. The zero-order valence-electron chi connectivity index (χ0n) is 14.6. The van der Waals surface area contributed by atoms with Crippen molar-refractivity contribution in [3.63, 3.8) is 0 Å². The molecule has 1 atom stereocenters. The van der Waals surface area contributed by atoms with Crippen molar-refractivity contribution in [2.45, 2.75) is 31.9 Å². The highest BCUT2D eigenvalue weighted by molar-refractivity contribution is 5.67. The van der Waals surface area contributed by atoms with Crippen molar-refractivity contribution in [3.8, 4) is 22.9 Å². The van der Waals surface area contributed by atoms with Crippen LogP contribution in [-0.4, -0.2) is 35.5 Å². The summed E-state index contributed by atoms with van der Waals surface area (Å²) in [6.45, 7) is 5.94. The van der Waals surface area contributed by atoms with E-state index in [0.717, 1.165) is 48.4 Å². The Labute approximate surface area is 152 Å². The number of fused-ring (bicyclic) bond motifs is 3. The van der Waals surface area contributed by atoms with Crippen LogP contribution < -0.4 is 15.2 Å². The van der Waals surface area contributed by atoms with Gasteiger partial charge in [-0.1, -0.05) is 12.7 Å². The van der Waals surface area contributed by atoms with E-state index < -0.39 is 0 Å². The van der Waals surface area contributed by atoms with Gasteiger partial charge in [0, 0.05) is 24.8 Å². The molecule has 3 heterocycles. The molecule has 136 valence electrons. The molecular formula is C20H22N2O4. The summed E-state index contributed by atoms with van der Waals surface area (Å²) < 4.78 is 18.6. The van der Waals surface area contributed by atoms with E-state index in [-0.39, 0.29) is 11.8 Å². The van der Waals surface area contributed by atoms with Crippen LogP contribution in [0.25, 0.3) is 11.3 Å². The van der Waals surface area contributed by atoms with Crippen molar-refractivity contribution in [2.24, 2.45) is 0 Å². The Kier molecular flexibility index (Phi) is 4.75. The molecule has 6 heteroatoms. The van der Waals surface area contributed by atoms with Crippen molar-refractivity contribution >= 4 is 0 Å². The van der Waals surface area contributed by atoms with Gasteiger partial charge < -0.3 is 14.2 Å². The Balaban J connectivity index is 1.61. The van der Waals surface area contributed by atoms with Crippen LogP contribution in [0.15, 0.2) is 41.7 Å². The molecule has 26 heavy (non-hydrogen) atoms. The predicted octanol–water partition coefficient (Wildman–Crippen LogP) is 2.59. The fraction of sp³-hybridized carbons (Fsp3) is 0.400. The number of hydrogen-bond donors (Lipinski definition) is 0. The molecule has 0 bridgehead atoms. The van der Waals surface area contributed by atoms with Crippen molar-refractivity contribution in [1.82, 2.24) is 9.55 Å². The molecule has 0 aliphatic carbocycles. The Morgan fingerprint density at radius 1 is 1.35 bits per heavy atom. The zero-order valence-corrected chi connectivity index (χ0v) is 14.6. The number of hydrogen-bond acceptors (Lipinski definition) is 5. The van der Waals surface area contributed by atoms with Crippen LogP contribution in [0.3, 0.4) is 0 Å². The molecule has 0 N–H and O–H groups in total. The van der Waals surface area contributed by atoms with E-state index in [1.165, 1.54) is 0 Å². The average molecular weight is 354 g/mol. The normalized spacial score (nSPS) is 18.1. The van der Waals surface area contributed by atoms with Crippen molar-refractivity contribution < 1.29 is 14.2 Å².